The minimum absolute atomic E-state index is 0.0600. The Balaban J connectivity index is 1.45. The van der Waals surface area contributed by atoms with Gasteiger partial charge >= 0.3 is 0 Å². The molecule has 1 saturated heterocycles. The van der Waals surface area contributed by atoms with Crippen molar-refractivity contribution in [1.82, 2.24) is 9.80 Å². The van der Waals surface area contributed by atoms with Crippen LogP contribution in [0, 0.1) is 13.8 Å². The van der Waals surface area contributed by atoms with Gasteiger partial charge in [-0.3, -0.25) is 14.6 Å². The molecule has 0 atom stereocenters. The molecule has 3 rings (SSSR count). The maximum absolute atomic E-state index is 12.4. The molecule has 4 nitrogen and oxygen atoms in total. The van der Waals surface area contributed by atoms with Gasteiger partial charge in [0.1, 0.15) is 0 Å². The van der Waals surface area contributed by atoms with E-state index in [2.05, 4.69) is 33.3 Å². The number of piperazine rings is 1. The Kier molecular flexibility index (Phi) is 6.30. The van der Waals surface area contributed by atoms with Gasteiger partial charge in [-0.25, -0.2) is 0 Å². The number of benzene rings is 2. The standard InChI is InChI=1S/C21H26ClN3O/c1-16-3-4-17(2)20(13-16)23-21(26)15-25-11-9-24(10-12-25)14-18-5-7-19(22)8-6-18/h3-8,13H,9-12,14-15H2,1-2H3,(H,23,26). The van der Waals surface area contributed by atoms with Gasteiger partial charge in [0.25, 0.3) is 0 Å². The molecule has 5 heteroatoms. The Hall–Kier alpha value is -1.88. The first-order chi connectivity index (χ1) is 12.5. The summed E-state index contributed by atoms with van der Waals surface area (Å²) >= 11 is 5.94. The molecule has 0 aromatic heterocycles. The van der Waals surface area contributed by atoms with Crippen molar-refractivity contribution in [3.63, 3.8) is 0 Å². The number of nitrogens with zero attached hydrogens (tertiary/aromatic N) is 2. The van der Waals surface area contributed by atoms with Gasteiger partial charge in [-0.05, 0) is 48.7 Å². The highest BCUT2D eigenvalue weighted by Crippen LogP contribution is 2.17. The van der Waals surface area contributed by atoms with Crippen LogP contribution in [-0.4, -0.2) is 48.4 Å². The summed E-state index contributed by atoms with van der Waals surface area (Å²) in [6, 6.07) is 14.1. The molecule has 0 unspecified atom stereocenters. The lowest BCUT2D eigenvalue weighted by Gasteiger charge is -2.34. The van der Waals surface area contributed by atoms with Crippen LogP contribution in [0.5, 0.6) is 0 Å². The van der Waals surface area contributed by atoms with Crippen molar-refractivity contribution < 1.29 is 4.79 Å². The predicted molar refractivity (Wildman–Crippen MR) is 108 cm³/mol. The number of rotatable bonds is 5. The molecule has 1 heterocycles. The molecule has 0 spiro atoms. The number of halogens is 1. The van der Waals surface area contributed by atoms with E-state index in [1.165, 1.54) is 5.56 Å². The van der Waals surface area contributed by atoms with Gasteiger partial charge in [0.15, 0.2) is 0 Å². The molecule has 0 aliphatic carbocycles. The van der Waals surface area contributed by atoms with Gasteiger partial charge < -0.3 is 5.32 Å². The highest BCUT2D eigenvalue weighted by atomic mass is 35.5. The Labute approximate surface area is 160 Å². The Morgan fingerprint density at radius 1 is 1.00 bits per heavy atom. The quantitative estimate of drug-likeness (QED) is 0.870. The lowest BCUT2D eigenvalue weighted by molar-refractivity contribution is -0.117. The second kappa shape index (κ2) is 8.67. The molecule has 1 aliphatic rings. The molecule has 1 N–H and O–H groups in total. The third kappa shape index (κ3) is 5.31. The zero-order valence-corrected chi connectivity index (χ0v) is 16.2. The van der Waals surface area contributed by atoms with Crippen molar-refractivity contribution in [3.8, 4) is 0 Å². The van der Waals surface area contributed by atoms with E-state index < -0.39 is 0 Å². The van der Waals surface area contributed by atoms with Crippen molar-refractivity contribution in [2.75, 3.05) is 38.0 Å². The number of hydrogen-bond donors (Lipinski definition) is 1. The molecule has 1 aliphatic heterocycles. The van der Waals surface area contributed by atoms with Crippen LogP contribution in [0.25, 0.3) is 0 Å². The summed E-state index contributed by atoms with van der Waals surface area (Å²) < 4.78 is 0. The summed E-state index contributed by atoms with van der Waals surface area (Å²) in [5.41, 5.74) is 4.44. The number of amides is 1. The van der Waals surface area contributed by atoms with Crippen molar-refractivity contribution in [1.29, 1.82) is 0 Å². The lowest BCUT2D eigenvalue weighted by atomic mass is 10.1. The van der Waals surface area contributed by atoms with Crippen molar-refractivity contribution in [2.24, 2.45) is 0 Å². The molecule has 2 aromatic rings. The highest BCUT2D eigenvalue weighted by molar-refractivity contribution is 6.30. The number of carbonyl (C=O) groups excluding carboxylic acids is 1. The van der Waals surface area contributed by atoms with E-state index in [9.17, 15) is 4.79 Å². The summed E-state index contributed by atoms with van der Waals surface area (Å²) in [6.07, 6.45) is 0. The Bertz CT molecular complexity index is 752. The van der Waals surface area contributed by atoms with Crippen LogP contribution < -0.4 is 5.32 Å². The van der Waals surface area contributed by atoms with Crippen molar-refractivity contribution >= 4 is 23.2 Å². The second-order valence-electron chi connectivity index (χ2n) is 7.05. The predicted octanol–water partition coefficient (Wildman–Crippen LogP) is 3.71. The van der Waals surface area contributed by atoms with Crippen molar-refractivity contribution in [2.45, 2.75) is 20.4 Å². The van der Waals surface area contributed by atoms with Crippen LogP contribution in [0.3, 0.4) is 0 Å². The number of aryl methyl sites for hydroxylation is 2. The third-order valence-corrected chi connectivity index (χ3v) is 5.07. The number of carbonyl (C=O) groups is 1. The summed E-state index contributed by atoms with van der Waals surface area (Å²) in [5, 5.41) is 3.82. The monoisotopic (exact) mass is 371 g/mol. The van der Waals surface area contributed by atoms with Crippen LogP contribution in [-0.2, 0) is 11.3 Å². The molecule has 138 valence electrons. The van der Waals surface area contributed by atoms with Gasteiger partial charge in [0.05, 0.1) is 6.54 Å². The minimum atomic E-state index is 0.0600. The second-order valence-corrected chi connectivity index (χ2v) is 7.48. The fraction of sp³-hybridized carbons (Fsp3) is 0.381. The van der Waals surface area contributed by atoms with E-state index in [1.807, 2.05) is 38.1 Å². The first kappa shape index (κ1) is 18.9. The maximum atomic E-state index is 12.4. The van der Waals surface area contributed by atoms with Crippen LogP contribution in [0.2, 0.25) is 5.02 Å². The largest absolute Gasteiger partial charge is 0.325 e. The number of hydrogen-bond acceptors (Lipinski definition) is 3. The van der Waals surface area contributed by atoms with Crippen LogP contribution in [0.4, 0.5) is 5.69 Å². The van der Waals surface area contributed by atoms with Crippen molar-refractivity contribution in [3.05, 3.63) is 64.2 Å². The average Bonchev–Trinajstić information content (AvgIpc) is 2.62. The molecule has 0 bridgehead atoms. The first-order valence-electron chi connectivity index (χ1n) is 9.06. The van der Waals surface area contributed by atoms with Crippen LogP contribution >= 0.6 is 11.6 Å². The highest BCUT2D eigenvalue weighted by Gasteiger charge is 2.19. The summed E-state index contributed by atoms with van der Waals surface area (Å²) in [6.45, 7) is 9.20. The molecular weight excluding hydrogens is 346 g/mol. The molecule has 26 heavy (non-hydrogen) atoms. The minimum Gasteiger partial charge on any atom is -0.325 e. The van der Waals surface area contributed by atoms with Gasteiger partial charge in [-0.2, -0.15) is 0 Å². The molecule has 1 fully saturated rings. The summed E-state index contributed by atoms with van der Waals surface area (Å²) in [4.78, 5) is 17.0. The fourth-order valence-corrected chi connectivity index (χ4v) is 3.34. The molecule has 0 radical (unpaired) electrons. The number of anilines is 1. The van der Waals surface area contributed by atoms with Crippen LogP contribution in [0.15, 0.2) is 42.5 Å². The van der Waals surface area contributed by atoms with Crippen LogP contribution in [0.1, 0.15) is 16.7 Å². The fourth-order valence-electron chi connectivity index (χ4n) is 3.22. The normalized spacial score (nSPS) is 15.8. The zero-order valence-electron chi connectivity index (χ0n) is 15.5. The molecule has 1 amide bonds. The maximum Gasteiger partial charge on any atom is 0.238 e. The smallest absolute Gasteiger partial charge is 0.238 e. The molecule has 0 saturated carbocycles. The lowest BCUT2D eigenvalue weighted by Crippen LogP contribution is -2.48. The third-order valence-electron chi connectivity index (χ3n) is 4.82. The van der Waals surface area contributed by atoms with E-state index in [0.29, 0.717) is 6.54 Å². The van der Waals surface area contributed by atoms with E-state index in [1.54, 1.807) is 0 Å². The summed E-state index contributed by atoms with van der Waals surface area (Å²) in [7, 11) is 0. The average molecular weight is 372 g/mol. The van der Waals surface area contributed by atoms with E-state index in [4.69, 9.17) is 11.6 Å². The Morgan fingerprint density at radius 3 is 2.35 bits per heavy atom. The molecular formula is C21H26ClN3O. The topological polar surface area (TPSA) is 35.6 Å². The van der Waals surface area contributed by atoms with Gasteiger partial charge in [-0.15, -0.1) is 0 Å². The molecule has 2 aromatic carbocycles. The van der Waals surface area contributed by atoms with Gasteiger partial charge in [-0.1, -0.05) is 35.9 Å². The number of nitrogens with one attached hydrogen (secondary N) is 1. The van der Waals surface area contributed by atoms with Gasteiger partial charge in [0, 0.05) is 43.4 Å². The first-order valence-corrected chi connectivity index (χ1v) is 9.43. The SMILES string of the molecule is Cc1ccc(C)c(NC(=O)CN2CCN(Cc3ccc(Cl)cc3)CC2)c1. The van der Waals surface area contributed by atoms with E-state index in [0.717, 1.165) is 54.6 Å². The summed E-state index contributed by atoms with van der Waals surface area (Å²) in [5.74, 6) is 0.0600. The van der Waals surface area contributed by atoms with Gasteiger partial charge in [0.2, 0.25) is 5.91 Å². The zero-order chi connectivity index (χ0) is 18.5. The Morgan fingerprint density at radius 2 is 1.65 bits per heavy atom. The van der Waals surface area contributed by atoms with E-state index >= 15 is 0 Å². The van der Waals surface area contributed by atoms with E-state index in [-0.39, 0.29) is 5.91 Å².